The summed E-state index contributed by atoms with van der Waals surface area (Å²) in [6.07, 6.45) is 12.9. The molecule has 0 radical (unpaired) electrons. The van der Waals surface area contributed by atoms with Gasteiger partial charge in [0.15, 0.2) is 0 Å². The maximum atomic E-state index is 2.31. The molecule has 2 aliphatic heterocycles. The van der Waals surface area contributed by atoms with Gasteiger partial charge in [-0.1, -0.05) is 53.2 Å². The molecule has 144 valence electrons. The number of rotatable bonds is 5. The van der Waals surface area contributed by atoms with Gasteiger partial charge in [0.25, 0.3) is 0 Å². The van der Waals surface area contributed by atoms with E-state index in [2.05, 4.69) is 74.4 Å². The molecule has 0 spiro atoms. The SMILES string of the molecule is CC.CC.CCCC1C=CN(C)C1.CN(C)CCC1C=CN(C)C1. The molecular weight excluding hydrogens is 294 g/mol. The Balaban J connectivity index is 0. The Morgan fingerprint density at radius 1 is 0.833 bits per heavy atom. The van der Waals surface area contributed by atoms with Crippen molar-refractivity contribution in [1.29, 1.82) is 0 Å². The van der Waals surface area contributed by atoms with Crippen molar-refractivity contribution in [3.63, 3.8) is 0 Å². The highest BCUT2D eigenvalue weighted by atomic mass is 15.1. The molecule has 0 aromatic carbocycles. The van der Waals surface area contributed by atoms with E-state index in [4.69, 9.17) is 0 Å². The summed E-state index contributed by atoms with van der Waals surface area (Å²) < 4.78 is 0. The third-order valence-corrected chi connectivity index (χ3v) is 3.88. The van der Waals surface area contributed by atoms with Gasteiger partial charge in [0.1, 0.15) is 0 Å². The van der Waals surface area contributed by atoms with E-state index < -0.39 is 0 Å². The Morgan fingerprint density at radius 2 is 1.25 bits per heavy atom. The van der Waals surface area contributed by atoms with Crippen LogP contribution in [-0.2, 0) is 0 Å². The van der Waals surface area contributed by atoms with Crippen LogP contribution in [0.2, 0.25) is 0 Å². The van der Waals surface area contributed by atoms with Crippen LogP contribution >= 0.6 is 0 Å². The molecule has 2 unspecified atom stereocenters. The average molecular weight is 340 g/mol. The monoisotopic (exact) mass is 339 g/mol. The minimum Gasteiger partial charge on any atom is -0.380 e. The molecule has 0 bridgehead atoms. The van der Waals surface area contributed by atoms with Gasteiger partial charge in [0.2, 0.25) is 0 Å². The van der Waals surface area contributed by atoms with E-state index in [9.17, 15) is 0 Å². The lowest BCUT2D eigenvalue weighted by Crippen LogP contribution is -2.19. The van der Waals surface area contributed by atoms with E-state index in [-0.39, 0.29) is 0 Å². The largest absolute Gasteiger partial charge is 0.380 e. The van der Waals surface area contributed by atoms with Crippen LogP contribution < -0.4 is 0 Å². The molecule has 0 saturated carbocycles. The Labute approximate surface area is 153 Å². The van der Waals surface area contributed by atoms with Crippen LogP contribution in [0.1, 0.15) is 53.9 Å². The standard InChI is InChI=1S/C9H18N2.C8H15N.2C2H6/c1-10(2)6-4-9-5-7-11(3)8-9;1-3-4-8-5-6-9(2)7-8;2*1-2/h5,7,9H,4,6,8H2,1-3H3;5-6,8H,3-4,7H2,1-2H3;2*1-2H3. The van der Waals surface area contributed by atoms with E-state index in [1.807, 2.05) is 27.7 Å². The normalized spacial score (nSPS) is 20.9. The highest BCUT2D eigenvalue weighted by Crippen LogP contribution is 2.15. The second-order valence-electron chi connectivity index (χ2n) is 6.46. The van der Waals surface area contributed by atoms with E-state index >= 15 is 0 Å². The van der Waals surface area contributed by atoms with Gasteiger partial charge < -0.3 is 14.7 Å². The first-order chi connectivity index (χ1) is 11.5. The molecule has 2 atom stereocenters. The van der Waals surface area contributed by atoms with E-state index in [0.29, 0.717) is 0 Å². The van der Waals surface area contributed by atoms with Gasteiger partial charge in [-0.3, -0.25) is 0 Å². The Hall–Kier alpha value is -0.960. The molecule has 24 heavy (non-hydrogen) atoms. The van der Waals surface area contributed by atoms with Crippen LogP contribution in [0.3, 0.4) is 0 Å². The zero-order valence-corrected chi connectivity index (χ0v) is 18.0. The maximum Gasteiger partial charge on any atom is 0.0233 e. The molecule has 0 aromatic heterocycles. The molecule has 0 amide bonds. The van der Waals surface area contributed by atoms with Crippen molar-refractivity contribution in [2.45, 2.75) is 53.9 Å². The van der Waals surface area contributed by atoms with Crippen molar-refractivity contribution in [2.24, 2.45) is 11.8 Å². The van der Waals surface area contributed by atoms with Gasteiger partial charge in [-0.05, 0) is 57.7 Å². The average Bonchev–Trinajstić information content (AvgIpc) is 3.19. The van der Waals surface area contributed by atoms with Gasteiger partial charge in [0.05, 0.1) is 0 Å². The maximum absolute atomic E-state index is 2.31. The smallest absolute Gasteiger partial charge is 0.0233 e. The molecule has 2 aliphatic rings. The van der Waals surface area contributed by atoms with Crippen molar-refractivity contribution in [1.82, 2.24) is 14.7 Å². The summed E-state index contributed by atoms with van der Waals surface area (Å²) >= 11 is 0. The second-order valence-corrected chi connectivity index (χ2v) is 6.46. The van der Waals surface area contributed by atoms with E-state index in [1.54, 1.807) is 0 Å². The first kappa shape index (κ1) is 25.3. The fourth-order valence-electron chi connectivity index (χ4n) is 2.69. The second kappa shape index (κ2) is 16.9. The fourth-order valence-corrected chi connectivity index (χ4v) is 2.69. The first-order valence-corrected chi connectivity index (χ1v) is 9.93. The minimum absolute atomic E-state index is 0.780. The topological polar surface area (TPSA) is 9.72 Å². The Bertz CT molecular complexity index is 310. The summed E-state index contributed by atoms with van der Waals surface area (Å²) in [5.41, 5.74) is 0. The van der Waals surface area contributed by atoms with Crippen molar-refractivity contribution in [3.8, 4) is 0 Å². The summed E-state index contributed by atoms with van der Waals surface area (Å²) in [5.74, 6) is 1.61. The highest BCUT2D eigenvalue weighted by Gasteiger charge is 2.12. The lowest BCUT2D eigenvalue weighted by molar-refractivity contribution is 0.350. The predicted octanol–water partition coefficient (Wildman–Crippen LogP) is 4.93. The summed E-state index contributed by atoms with van der Waals surface area (Å²) in [7, 11) is 8.52. The third kappa shape index (κ3) is 13.5. The zero-order valence-electron chi connectivity index (χ0n) is 18.0. The molecule has 0 fully saturated rings. The lowest BCUT2D eigenvalue weighted by Gasteiger charge is -2.14. The van der Waals surface area contributed by atoms with Crippen LogP contribution in [-0.4, -0.2) is 62.5 Å². The van der Waals surface area contributed by atoms with E-state index in [0.717, 1.165) is 11.8 Å². The summed E-state index contributed by atoms with van der Waals surface area (Å²) in [6.45, 7) is 13.9. The first-order valence-electron chi connectivity index (χ1n) is 9.93. The van der Waals surface area contributed by atoms with Crippen molar-refractivity contribution in [2.75, 3.05) is 47.8 Å². The molecule has 0 N–H and O–H groups in total. The molecule has 0 aliphatic carbocycles. The molecular formula is C21H45N3. The van der Waals surface area contributed by atoms with Gasteiger partial charge in [-0.15, -0.1) is 0 Å². The summed E-state index contributed by atoms with van der Waals surface area (Å²) in [6, 6.07) is 0. The van der Waals surface area contributed by atoms with Crippen molar-refractivity contribution < 1.29 is 0 Å². The van der Waals surface area contributed by atoms with Crippen LogP contribution in [0.4, 0.5) is 0 Å². The van der Waals surface area contributed by atoms with Gasteiger partial charge in [0, 0.05) is 27.2 Å². The lowest BCUT2D eigenvalue weighted by atomic mass is 10.1. The van der Waals surface area contributed by atoms with Crippen LogP contribution in [0, 0.1) is 11.8 Å². The van der Waals surface area contributed by atoms with Crippen LogP contribution in [0.5, 0.6) is 0 Å². The molecule has 3 nitrogen and oxygen atoms in total. The number of nitrogens with zero attached hydrogens (tertiary/aromatic N) is 3. The summed E-state index contributed by atoms with van der Waals surface area (Å²) in [5, 5.41) is 0. The van der Waals surface area contributed by atoms with Gasteiger partial charge in [-0.2, -0.15) is 0 Å². The molecule has 2 heterocycles. The highest BCUT2D eigenvalue weighted by molar-refractivity contribution is 4.97. The molecule has 3 heteroatoms. The van der Waals surface area contributed by atoms with Gasteiger partial charge >= 0.3 is 0 Å². The van der Waals surface area contributed by atoms with Crippen LogP contribution in [0.25, 0.3) is 0 Å². The van der Waals surface area contributed by atoms with E-state index in [1.165, 1.54) is 38.9 Å². The minimum atomic E-state index is 0.780. The molecule has 0 aromatic rings. The zero-order chi connectivity index (χ0) is 19.0. The summed E-state index contributed by atoms with van der Waals surface area (Å²) in [4.78, 5) is 6.74. The van der Waals surface area contributed by atoms with Crippen LogP contribution in [0.15, 0.2) is 24.6 Å². The molecule has 0 saturated heterocycles. The quantitative estimate of drug-likeness (QED) is 0.703. The predicted molar refractivity (Wildman–Crippen MR) is 111 cm³/mol. The number of hydrogen-bond donors (Lipinski definition) is 0. The third-order valence-electron chi connectivity index (χ3n) is 3.88. The Morgan fingerprint density at radius 3 is 1.54 bits per heavy atom. The van der Waals surface area contributed by atoms with Crippen molar-refractivity contribution >= 4 is 0 Å². The molecule has 2 rings (SSSR count). The van der Waals surface area contributed by atoms with Gasteiger partial charge in [-0.25, -0.2) is 0 Å². The van der Waals surface area contributed by atoms with Crippen molar-refractivity contribution in [3.05, 3.63) is 24.6 Å². The number of hydrogen-bond acceptors (Lipinski definition) is 3. The Kier molecular flexibility index (Phi) is 17.8. The fraction of sp³-hybridized carbons (Fsp3) is 0.810.